The van der Waals surface area contributed by atoms with Gasteiger partial charge < -0.3 is 10.6 Å². The predicted molar refractivity (Wildman–Crippen MR) is 111 cm³/mol. The average molecular weight is 417 g/mol. The molecule has 25 heavy (non-hydrogen) atoms. The van der Waals surface area contributed by atoms with Crippen molar-refractivity contribution in [2.24, 2.45) is 0 Å². The molecule has 3 aromatic carbocycles. The maximum Gasteiger partial charge on any atom is 0.170 e. The van der Waals surface area contributed by atoms with Gasteiger partial charge in [-0.2, -0.15) is 0 Å². The Hall–Kier alpha value is -1.98. The Bertz CT molecular complexity index is 893. The van der Waals surface area contributed by atoms with Crippen molar-refractivity contribution in [3.05, 3.63) is 76.5 Å². The number of fused-ring (bicyclic) bond motifs is 1. The quantitative estimate of drug-likeness (QED) is 0.414. The Balaban J connectivity index is 1.50. The zero-order valence-electron chi connectivity index (χ0n) is 13.6. The topological polar surface area (TPSA) is 24.1 Å². The van der Waals surface area contributed by atoms with E-state index in [4.69, 9.17) is 12.2 Å². The Morgan fingerprint density at radius 2 is 1.84 bits per heavy atom. The third-order valence-electron chi connectivity index (χ3n) is 3.97. The van der Waals surface area contributed by atoms with E-state index < -0.39 is 0 Å². The summed E-state index contributed by atoms with van der Waals surface area (Å²) in [5.41, 5.74) is 1.70. The van der Waals surface area contributed by atoms with Crippen LogP contribution in [0.1, 0.15) is 12.0 Å². The van der Waals surface area contributed by atoms with Crippen molar-refractivity contribution >= 4 is 49.7 Å². The lowest BCUT2D eigenvalue weighted by atomic mass is 10.0. The maximum atomic E-state index is 13.8. The van der Waals surface area contributed by atoms with Crippen LogP contribution in [0.25, 0.3) is 10.8 Å². The Morgan fingerprint density at radius 1 is 1.04 bits per heavy atom. The number of anilines is 1. The number of halogens is 2. The van der Waals surface area contributed by atoms with E-state index in [9.17, 15) is 4.39 Å². The molecule has 5 heteroatoms. The molecule has 0 spiro atoms. The van der Waals surface area contributed by atoms with Gasteiger partial charge in [0.1, 0.15) is 5.82 Å². The highest BCUT2D eigenvalue weighted by Gasteiger charge is 2.05. The van der Waals surface area contributed by atoms with Crippen LogP contribution < -0.4 is 10.6 Å². The van der Waals surface area contributed by atoms with Gasteiger partial charge in [0.2, 0.25) is 0 Å². The third-order valence-corrected chi connectivity index (χ3v) is 4.71. The molecular formula is C20H18BrFN2S. The monoisotopic (exact) mass is 416 g/mol. The molecule has 0 bridgehead atoms. The van der Waals surface area contributed by atoms with Crippen LogP contribution in [-0.4, -0.2) is 11.7 Å². The first-order chi connectivity index (χ1) is 12.1. The number of benzene rings is 3. The zero-order valence-corrected chi connectivity index (χ0v) is 16.0. The second kappa shape index (κ2) is 8.41. The molecule has 128 valence electrons. The largest absolute Gasteiger partial charge is 0.362 e. The first-order valence-electron chi connectivity index (χ1n) is 8.10. The van der Waals surface area contributed by atoms with E-state index >= 15 is 0 Å². The minimum Gasteiger partial charge on any atom is -0.362 e. The Labute approximate surface area is 160 Å². The normalized spacial score (nSPS) is 10.6. The molecule has 3 aromatic rings. The minimum absolute atomic E-state index is 0.339. The van der Waals surface area contributed by atoms with Crippen LogP contribution in [0.4, 0.5) is 10.1 Å². The van der Waals surface area contributed by atoms with Crippen LogP contribution >= 0.6 is 28.1 Å². The Morgan fingerprint density at radius 3 is 2.68 bits per heavy atom. The maximum absolute atomic E-state index is 13.8. The SMILES string of the molecule is Fc1cc(Br)ccc1NC(=S)NCCCc1cccc2ccccc12. The molecule has 0 aliphatic rings. The molecule has 0 aliphatic heterocycles. The van der Waals surface area contributed by atoms with Crippen LogP contribution in [0.5, 0.6) is 0 Å². The minimum atomic E-state index is -0.339. The van der Waals surface area contributed by atoms with Gasteiger partial charge in [-0.15, -0.1) is 0 Å². The standard InChI is InChI=1S/C20H18BrFN2S/c21-16-10-11-19(18(22)13-16)24-20(25)23-12-4-8-15-7-3-6-14-5-1-2-9-17(14)15/h1-3,5-7,9-11,13H,4,8,12H2,(H2,23,24,25). The predicted octanol–water partition coefficient (Wildman–Crippen LogP) is 5.66. The molecule has 0 unspecified atom stereocenters. The van der Waals surface area contributed by atoms with Crippen molar-refractivity contribution in [1.82, 2.24) is 5.32 Å². The van der Waals surface area contributed by atoms with Crippen molar-refractivity contribution in [3.63, 3.8) is 0 Å². The summed E-state index contributed by atoms with van der Waals surface area (Å²) in [6.45, 7) is 0.729. The molecule has 0 saturated heterocycles. The summed E-state index contributed by atoms with van der Waals surface area (Å²) in [6.07, 6.45) is 1.91. The van der Waals surface area contributed by atoms with E-state index in [0.717, 1.165) is 19.4 Å². The van der Waals surface area contributed by atoms with Crippen molar-refractivity contribution in [2.75, 3.05) is 11.9 Å². The molecule has 0 amide bonds. The summed E-state index contributed by atoms with van der Waals surface area (Å²) in [4.78, 5) is 0. The lowest BCUT2D eigenvalue weighted by Gasteiger charge is -2.12. The van der Waals surface area contributed by atoms with Crippen LogP contribution in [0, 0.1) is 5.82 Å². The van der Waals surface area contributed by atoms with Gasteiger partial charge in [0.05, 0.1) is 5.69 Å². The summed E-state index contributed by atoms with van der Waals surface area (Å²) in [7, 11) is 0. The van der Waals surface area contributed by atoms with Gasteiger partial charge >= 0.3 is 0 Å². The van der Waals surface area contributed by atoms with Gasteiger partial charge in [-0.05, 0) is 59.6 Å². The second-order valence-electron chi connectivity index (χ2n) is 5.75. The second-order valence-corrected chi connectivity index (χ2v) is 7.07. The van der Waals surface area contributed by atoms with Crippen molar-refractivity contribution in [3.8, 4) is 0 Å². The molecule has 0 aromatic heterocycles. The first kappa shape index (κ1) is 17.8. The van der Waals surface area contributed by atoms with Crippen LogP contribution in [0.2, 0.25) is 0 Å². The van der Waals surface area contributed by atoms with E-state index in [1.807, 2.05) is 0 Å². The van der Waals surface area contributed by atoms with Gasteiger partial charge in [-0.3, -0.25) is 0 Å². The molecule has 0 radical (unpaired) electrons. The fourth-order valence-electron chi connectivity index (χ4n) is 2.75. The third kappa shape index (κ3) is 4.77. The molecule has 0 saturated carbocycles. The number of hydrogen-bond donors (Lipinski definition) is 2. The van der Waals surface area contributed by atoms with Gasteiger partial charge in [0, 0.05) is 11.0 Å². The van der Waals surface area contributed by atoms with Gasteiger partial charge in [0.25, 0.3) is 0 Å². The smallest absolute Gasteiger partial charge is 0.170 e. The summed E-state index contributed by atoms with van der Waals surface area (Å²) in [6, 6.07) is 19.6. The van der Waals surface area contributed by atoms with Crippen molar-refractivity contribution in [2.45, 2.75) is 12.8 Å². The first-order valence-corrected chi connectivity index (χ1v) is 9.30. The van der Waals surface area contributed by atoms with E-state index in [1.54, 1.807) is 12.1 Å². The summed E-state index contributed by atoms with van der Waals surface area (Å²) in [5.74, 6) is -0.339. The zero-order chi connectivity index (χ0) is 17.6. The van der Waals surface area contributed by atoms with E-state index in [-0.39, 0.29) is 5.82 Å². The lowest BCUT2D eigenvalue weighted by molar-refractivity contribution is 0.631. The number of thiocarbonyl (C=S) groups is 1. The fraction of sp³-hybridized carbons (Fsp3) is 0.150. The number of nitrogens with one attached hydrogen (secondary N) is 2. The van der Waals surface area contributed by atoms with Gasteiger partial charge in [-0.1, -0.05) is 58.4 Å². The average Bonchev–Trinajstić information content (AvgIpc) is 2.61. The molecule has 2 nitrogen and oxygen atoms in total. The van der Waals surface area contributed by atoms with Crippen LogP contribution in [-0.2, 0) is 6.42 Å². The molecule has 2 N–H and O–H groups in total. The van der Waals surface area contributed by atoms with Gasteiger partial charge in [0.15, 0.2) is 5.11 Å². The van der Waals surface area contributed by atoms with E-state index in [0.29, 0.717) is 15.3 Å². The van der Waals surface area contributed by atoms with Crippen LogP contribution in [0.15, 0.2) is 65.1 Å². The number of rotatable bonds is 5. The summed E-state index contributed by atoms with van der Waals surface area (Å²) in [5, 5.41) is 9.01. The highest BCUT2D eigenvalue weighted by molar-refractivity contribution is 9.10. The fourth-order valence-corrected chi connectivity index (χ4v) is 3.29. The molecule has 0 heterocycles. The molecule has 0 aliphatic carbocycles. The van der Waals surface area contributed by atoms with Crippen LogP contribution in [0.3, 0.4) is 0 Å². The molecular weight excluding hydrogens is 399 g/mol. The van der Waals surface area contributed by atoms with E-state index in [2.05, 4.69) is 69.0 Å². The summed E-state index contributed by atoms with van der Waals surface area (Å²) >= 11 is 8.47. The van der Waals surface area contributed by atoms with Gasteiger partial charge in [-0.25, -0.2) is 4.39 Å². The molecule has 0 atom stereocenters. The Kier molecular flexibility index (Phi) is 6.00. The number of aryl methyl sites for hydroxylation is 1. The highest BCUT2D eigenvalue weighted by Crippen LogP contribution is 2.20. The lowest BCUT2D eigenvalue weighted by Crippen LogP contribution is -2.29. The van der Waals surface area contributed by atoms with E-state index in [1.165, 1.54) is 22.4 Å². The molecule has 0 fully saturated rings. The summed E-state index contributed by atoms with van der Waals surface area (Å²) < 4.78 is 14.5. The number of hydrogen-bond acceptors (Lipinski definition) is 1. The van der Waals surface area contributed by atoms with Crippen molar-refractivity contribution < 1.29 is 4.39 Å². The molecule has 3 rings (SSSR count). The highest BCUT2D eigenvalue weighted by atomic mass is 79.9. The van der Waals surface area contributed by atoms with Crippen molar-refractivity contribution in [1.29, 1.82) is 0 Å².